The Balaban J connectivity index is 2.17. The molecule has 0 radical (unpaired) electrons. The average molecular weight is 365 g/mol. The van der Waals surface area contributed by atoms with Gasteiger partial charge in [-0.25, -0.2) is 0 Å². The Morgan fingerprint density at radius 1 is 0.923 bits per heavy atom. The number of hydrogen-bond donors (Lipinski definition) is 1. The zero-order valence-corrected chi connectivity index (χ0v) is 16.0. The summed E-state index contributed by atoms with van der Waals surface area (Å²) < 4.78 is 16.0. The minimum atomic E-state index is -0.918. The Morgan fingerprint density at radius 2 is 1.46 bits per heavy atom. The summed E-state index contributed by atoms with van der Waals surface area (Å²) in [7, 11) is 4.50. The first kappa shape index (κ1) is 19.8. The lowest BCUT2D eigenvalue weighted by atomic mass is 10.0. The van der Waals surface area contributed by atoms with E-state index in [1.165, 1.54) is 21.3 Å². The minimum Gasteiger partial charge on any atom is -0.493 e. The smallest absolute Gasteiger partial charge is 0.257 e. The Hall–Kier alpha value is -2.48. The molecule has 26 heavy (non-hydrogen) atoms. The molecule has 0 spiro atoms. The molecular weight excluding hydrogens is 338 g/mol. The molecule has 0 aromatic heterocycles. The maximum absolute atomic E-state index is 12.9. The number of carbonyl (C=O) groups excluding carboxylic acids is 2. The molecule has 8 heteroatoms. The largest absolute Gasteiger partial charge is 0.493 e. The van der Waals surface area contributed by atoms with E-state index in [9.17, 15) is 9.59 Å². The predicted molar refractivity (Wildman–Crippen MR) is 96.8 cm³/mol. The van der Waals surface area contributed by atoms with Crippen LogP contribution in [0.4, 0.5) is 0 Å². The fourth-order valence-corrected chi connectivity index (χ4v) is 2.96. The average Bonchev–Trinajstić information content (AvgIpc) is 2.64. The summed E-state index contributed by atoms with van der Waals surface area (Å²) in [6.07, 6.45) is 0. The summed E-state index contributed by atoms with van der Waals surface area (Å²) in [6.45, 7) is 5.11. The van der Waals surface area contributed by atoms with Crippen molar-refractivity contribution >= 4 is 11.8 Å². The highest BCUT2D eigenvalue weighted by Gasteiger charge is 2.32. The Kier molecular flexibility index (Phi) is 5.97. The van der Waals surface area contributed by atoms with Crippen LogP contribution >= 0.6 is 0 Å². The lowest BCUT2D eigenvalue weighted by molar-refractivity contribution is -0.137. The van der Waals surface area contributed by atoms with Gasteiger partial charge in [-0.1, -0.05) is 0 Å². The van der Waals surface area contributed by atoms with Gasteiger partial charge in [-0.3, -0.25) is 9.59 Å². The highest BCUT2D eigenvalue weighted by molar-refractivity contribution is 5.98. The minimum absolute atomic E-state index is 0.117. The summed E-state index contributed by atoms with van der Waals surface area (Å²) in [5.41, 5.74) is 5.35. The van der Waals surface area contributed by atoms with Crippen molar-refractivity contribution < 1.29 is 23.8 Å². The second-order valence-electron chi connectivity index (χ2n) is 6.69. The van der Waals surface area contributed by atoms with E-state index in [-0.39, 0.29) is 11.8 Å². The molecule has 0 bridgehead atoms. The van der Waals surface area contributed by atoms with Crippen LogP contribution in [0.15, 0.2) is 12.1 Å². The SMILES string of the molecule is COc1ccc(C(=O)N2CCN(C(=O)C(C)(C)N)CC2)c(OC)c1OC. The van der Waals surface area contributed by atoms with Crippen LogP contribution in [0.2, 0.25) is 0 Å². The van der Waals surface area contributed by atoms with Crippen molar-refractivity contribution in [3.8, 4) is 17.2 Å². The third kappa shape index (κ3) is 3.85. The van der Waals surface area contributed by atoms with Crippen molar-refractivity contribution in [2.45, 2.75) is 19.4 Å². The van der Waals surface area contributed by atoms with Crippen LogP contribution < -0.4 is 19.9 Å². The predicted octanol–water partition coefficient (Wildman–Crippen LogP) is 0.734. The van der Waals surface area contributed by atoms with E-state index >= 15 is 0 Å². The monoisotopic (exact) mass is 365 g/mol. The summed E-state index contributed by atoms with van der Waals surface area (Å²) in [5.74, 6) is 0.898. The number of benzene rings is 1. The van der Waals surface area contributed by atoms with Gasteiger partial charge in [-0.15, -0.1) is 0 Å². The Bertz CT molecular complexity index is 676. The summed E-state index contributed by atoms with van der Waals surface area (Å²) in [4.78, 5) is 28.6. The van der Waals surface area contributed by atoms with E-state index in [0.29, 0.717) is 49.0 Å². The molecule has 1 aromatic carbocycles. The van der Waals surface area contributed by atoms with Crippen LogP contribution in [-0.2, 0) is 4.79 Å². The van der Waals surface area contributed by atoms with E-state index < -0.39 is 5.54 Å². The third-order valence-electron chi connectivity index (χ3n) is 4.34. The lowest BCUT2D eigenvalue weighted by Crippen LogP contribution is -2.57. The van der Waals surface area contributed by atoms with Crippen molar-refractivity contribution in [1.82, 2.24) is 9.80 Å². The molecule has 1 heterocycles. The molecule has 0 saturated carbocycles. The Labute approximate surface area is 153 Å². The number of hydrogen-bond acceptors (Lipinski definition) is 6. The molecule has 1 saturated heterocycles. The van der Waals surface area contributed by atoms with Crippen LogP contribution in [0.3, 0.4) is 0 Å². The number of carbonyl (C=O) groups is 2. The molecule has 2 N–H and O–H groups in total. The maximum Gasteiger partial charge on any atom is 0.257 e. The van der Waals surface area contributed by atoms with E-state index in [0.717, 1.165) is 0 Å². The molecular formula is C18H27N3O5. The molecule has 0 aliphatic carbocycles. The molecule has 2 amide bonds. The first-order valence-electron chi connectivity index (χ1n) is 8.41. The van der Waals surface area contributed by atoms with Gasteiger partial charge in [-0.2, -0.15) is 0 Å². The topological polar surface area (TPSA) is 94.3 Å². The molecule has 0 unspecified atom stereocenters. The highest BCUT2D eigenvalue weighted by atomic mass is 16.5. The van der Waals surface area contributed by atoms with Gasteiger partial charge in [0.1, 0.15) is 0 Å². The number of nitrogens with two attached hydrogens (primary N) is 1. The molecule has 8 nitrogen and oxygen atoms in total. The zero-order valence-electron chi connectivity index (χ0n) is 16.0. The normalized spacial score (nSPS) is 14.8. The third-order valence-corrected chi connectivity index (χ3v) is 4.34. The van der Waals surface area contributed by atoms with Crippen LogP contribution in [0.25, 0.3) is 0 Å². The first-order valence-corrected chi connectivity index (χ1v) is 8.41. The van der Waals surface area contributed by atoms with E-state index in [4.69, 9.17) is 19.9 Å². The van der Waals surface area contributed by atoms with Crippen molar-refractivity contribution in [2.24, 2.45) is 5.73 Å². The molecule has 1 aliphatic rings. The number of rotatable bonds is 5. The number of amides is 2. The summed E-state index contributed by atoms with van der Waals surface area (Å²) in [6, 6.07) is 3.33. The van der Waals surface area contributed by atoms with Crippen molar-refractivity contribution in [2.75, 3.05) is 47.5 Å². The standard InChI is InChI=1S/C18H27N3O5/c1-18(2,19)17(23)21-10-8-20(9-11-21)16(22)12-6-7-13(24-3)15(26-5)14(12)25-4/h6-7H,8-11,19H2,1-5H3. The van der Waals surface area contributed by atoms with E-state index in [1.54, 1.807) is 35.8 Å². The fraction of sp³-hybridized carbons (Fsp3) is 0.556. The van der Waals surface area contributed by atoms with Crippen LogP contribution in [0, 0.1) is 0 Å². The quantitative estimate of drug-likeness (QED) is 0.827. The first-order chi connectivity index (χ1) is 12.2. The molecule has 1 aromatic rings. The van der Waals surface area contributed by atoms with Gasteiger partial charge in [0.05, 0.1) is 32.4 Å². The van der Waals surface area contributed by atoms with Crippen LogP contribution in [-0.4, -0.2) is 74.7 Å². The molecule has 144 valence electrons. The van der Waals surface area contributed by atoms with Gasteiger partial charge in [0.25, 0.3) is 5.91 Å². The Morgan fingerprint density at radius 3 is 1.92 bits per heavy atom. The van der Waals surface area contributed by atoms with E-state index in [1.807, 2.05) is 0 Å². The molecule has 1 fully saturated rings. The van der Waals surface area contributed by atoms with Crippen molar-refractivity contribution in [1.29, 1.82) is 0 Å². The lowest BCUT2D eigenvalue weighted by Gasteiger charge is -2.37. The number of nitrogens with zero attached hydrogens (tertiary/aromatic N) is 2. The molecule has 2 rings (SSSR count). The van der Waals surface area contributed by atoms with Gasteiger partial charge >= 0.3 is 0 Å². The number of piperazine rings is 1. The fourth-order valence-electron chi connectivity index (χ4n) is 2.96. The second-order valence-corrected chi connectivity index (χ2v) is 6.69. The molecule has 0 atom stereocenters. The molecule has 1 aliphatic heterocycles. The van der Waals surface area contributed by atoms with Gasteiger partial charge in [0.15, 0.2) is 11.5 Å². The summed E-state index contributed by atoms with van der Waals surface area (Å²) in [5, 5.41) is 0. The number of ether oxygens (including phenoxy) is 3. The van der Waals surface area contributed by atoms with Crippen LogP contribution in [0.1, 0.15) is 24.2 Å². The van der Waals surface area contributed by atoms with Gasteiger partial charge in [-0.05, 0) is 26.0 Å². The zero-order chi connectivity index (χ0) is 19.5. The van der Waals surface area contributed by atoms with Gasteiger partial charge in [0, 0.05) is 26.2 Å². The second kappa shape index (κ2) is 7.82. The number of methoxy groups -OCH3 is 3. The van der Waals surface area contributed by atoms with E-state index in [2.05, 4.69) is 0 Å². The van der Waals surface area contributed by atoms with Gasteiger partial charge < -0.3 is 29.7 Å². The van der Waals surface area contributed by atoms with Crippen molar-refractivity contribution in [3.63, 3.8) is 0 Å². The van der Waals surface area contributed by atoms with Crippen LogP contribution in [0.5, 0.6) is 17.2 Å². The highest BCUT2D eigenvalue weighted by Crippen LogP contribution is 2.40. The van der Waals surface area contributed by atoms with Gasteiger partial charge in [0.2, 0.25) is 11.7 Å². The maximum atomic E-state index is 12.9. The summed E-state index contributed by atoms with van der Waals surface area (Å²) >= 11 is 0. The van der Waals surface area contributed by atoms with Crippen molar-refractivity contribution in [3.05, 3.63) is 17.7 Å².